The first kappa shape index (κ1) is 22.7. The van der Waals surface area contributed by atoms with Crippen LogP contribution in [0.2, 0.25) is 0 Å². The van der Waals surface area contributed by atoms with Crippen molar-refractivity contribution in [2.75, 3.05) is 13.6 Å². The standard InChI is InChI=1S/C25H33FN2O/c1-7-9-22-17-28(16-20-10-12-21(13-11-20)24(29)27-6)19(4)23(22)18(3)14-15-25(5,26)8-2/h7,9-13H,3-4,8,14-17H2,1-2,5-6H3,(H,27,29)/b9-7-. The van der Waals surface area contributed by atoms with E-state index in [2.05, 4.69) is 29.5 Å². The second-order valence-corrected chi connectivity index (χ2v) is 7.85. The third-order valence-electron chi connectivity index (χ3n) is 5.58. The highest BCUT2D eigenvalue weighted by atomic mass is 19.1. The Labute approximate surface area is 174 Å². The van der Waals surface area contributed by atoms with Gasteiger partial charge < -0.3 is 10.2 Å². The van der Waals surface area contributed by atoms with E-state index in [1.165, 1.54) is 5.57 Å². The zero-order valence-electron chi connectivity index (χ0n) is 18.1. The SMILES string of the molecule is C=C(CCC(C)(F)CC)C1=C(/C=C\C)CN(Cc2ccc(C(=O)NC)cc2)C1=C. The average Bonchev–Trinajstić information content (AvgIpc) is 3.01. The third kappa shape index (κ3) is 5.69. The summed E-state index contributed by atoms with van der Waals surface area (Å²) in [4.78, 5) is 13.9. The molecule has 1 amide bonds. The van der Waals surface area contributed by atoms with Gasteiger partial charge in [0.15, 0.2) is 0 Å². The van der Waals surface area contributed by atoms with E-state index < -0.39 is 5.67 Å². The van der Waals surface area contributed by atoms with Crippen molar-refractivity contribution in [1.82, 2.24) is 10.2 Å². The van der Waals surface area contributed by atoms with Crippen molar-refractivity contribution in [2.45, 2.75) is 52.2 Å². The van der Waals surface area contributed by atoms with Gasteiger partial charge in [-0.1, -0.05) is 44.4 Å². The van der Waals surface area contributed by atoms with E-state index in [4.69, 9.17) is 0 Å². The third-order valence-corrected chi connectivity index (χ3v) is 5.58. The predicted molar refractivity (Wildman–Crippen MR) is 119 cm³/mol. The number of allylic oxidation sites excluding steroid dienone is 2. The van der Waals surface area contributed by atoms with Gasteiger partial charge in [-0.3, -0.25) is 4.79 Å². The molecule has 2 rings (SSSR count). The van der Waals surface area contributed by atoms with E-state index in [-0.39, 0.29) is 5.91 Å². The van der Waals surface area contributed by atoms with Crippen LogP contribution in [0.4, 0.5) is 4.39 Å². The zero-order chi connectivity index (χ0) is 21.6. The molecule has 1 N–H and O–H groups in total. The van der Waals surface area contributed by atoms with Crippen LogP contribution in [-0.2, 0) is 6.54 Å². The van der Waals surface area contributed by atoms with Crippen LogP contribution < -0.4 is 5.32 Å². The maximum absolute atomic E-state index is 14.4. The number of nitrogens with one attached hydrogen (secondary N) is 1. The molecular weight excluding hydrogens is 363 g/mol. The second kappa shape index (κ2) is 9.73. The largest absolute Gasteiger partial charge is 0.363 e. The van der Waals surface area contributed by atoms with Crippen LogP contribution in [0.25, 0.3) is 0 Å². The lowest BCUT2D eigenvalue weighted by molar-refractivity contribution is 0.0963. The Morgan fingerprint density at radius 2 is 2.00 bits per heavy atom. The van der Waals surface area contributed by atoms with Crippen LogP contribution >= 0.6 is 0 Å². The number of carbonyl (C=O) groups is 1. The fraction of sp³-hybridized carbons (Fsp3) is 0.400. The number of alkyl halides is 1. The molecule has 0 aliphatic carbocycles. The quantitative estimate of drug-likeness (QED) is 0.579. The van der Waals surface area contributed by atoms with E-state index in [9.17, 15) is 9.18 Å². The minimum Gasteiger partial charge on any atom is -0.363 e. The molecule has 0 spiro atoms. The lowest BCUT2D eigenvalue weighted by Gasteiger charge is -2.23. The van der Waals surface area contributed by atoms with Crippen molar-refractivity contribution >= 4 is 5.91 Å². The summed E-state index contributed by atoms with van der Waals surface area (Å²) in [5, 5.41) is 2.63. The second-order valence-electron chi connectivity index (χ2n) is 7.85. The number of halogens is 1. The summed E-state index contributed by atoms with van der Waals surface area (Å²) in [6.45, 7) is 15.5. The maximum Gasteiger partial charge on any atom is 0.251 e. The van der Waals surface area contributed by atoms with E-state index in [0.29, 0.717) is 31.4 Å². The van der Waals surface area contributed by atoms with Gasteiger partial charge in [0.25, 0.3) is 5.91 Å². The summed E-state index contributed by atoms with van der Waals surface area (Å²) < 4.78 is 14.4. The van der Waals surface area contributed by atoms with Gasteiger partial charge in [-0.2, -0.15) is 0 Å². The Morgan fingerprint density at radius 3 is 2.55 bits per heavy atom. The van der Waals surface area contributed by atoms with E-state index in [0.717, 1.165) is 29.0 Å². The lowest BCUT2D eigenvalue weighted by Crippen LogP contribution is -2.20. The molecule has 0 fully saturated rings. The van der Waals surface area contributed by atoms with Gasteiger partial charge in [-0.15, -0.1) is 0 Å². The predicted octanol–water partition coefficient (Wildman–Crippen LogP) is 5.72. The summed E-state index contributed by atoms with van der Waals surface area (Å²) in [6.07, 6.45) is 5.69. The molecule has 29 heavy (non-hydrogen) atoms. The van der Waals surface area contributed by atoms with Crippen LogP contribution in [0.3, 0.4) is 0 Å². The minimum atomic E-state index is -1.17. The van der Waals surface area contributed by atoms with Crippen molar-refractivity contribution in [3.8, 4) is 0 Å². The Balaban J connectivity index is 2.13. The molecule has 1 heterocycles. The molecule has 156 valence electrons. The van der Waals surface area contributed by atoms with Crippen LogP contribution in [0.1, 0.15) is 56.0 Å². The molecular formula is C25H33FN2O. The van der Waals surface area contributed by atoms with Gasteiger partial charge >= 0.3 is 0 Å². The molecule has 4 heteroatoms. The Hall–Kier alpha value is -2.62. The normalized spacial score (nSPS) is 16.4. The Kier molecular flexibility index (Phi) is 7.60. The van der Waals surface area contributed by atoms with E-state index >= 15 is 0 Å². The number of carbonyl (C=O) groups excluding carboxylic acids is 1. The molecule has 1 aromatic carbocycles. The maximum atomic E-state index is 14.4. The fourth-order valence-corrected chi connectivity index (χ4v) is 3.48. The fourth-order valence-electron chi connectivity index (χ4n) is 3.48. The van der Waals surface area contributed by atoms with Crippen molar-refractivity contribution < 1.29 is 9.18 Å². The molecule has 0 saturated heterocycles. The highest BCUT2D eigenvalue weighted by molar-refractivity contribution is 5.93. The first-order valence-electron chi connectivity index (χ1n) is 10.2. The molecule has 1 aliphatic heterocycles. The molecule has 3 nitrogen and oxygen atoms in total. The molecule has 1 atom stereocenters. The number of amides is 1. The Bertz CT molecular complexity index is 831. The summed E-state index contributed by atoms with van der Waals surface area (Å²) in [7, 11) is 1.62. The van der Waals surface area contributed by atoms with Gasteiger partial charge in [0.1, 0.15) is 5.67 Å². The molecule has 0 saturated carbocycles. The topological polar surface area (TPSA) is 32.3 Å². The Morgan fingerprint density at radius 1 is 1.34 bits per heavy atom. The van der Waals surface area contributed by atoms with Crippen LogP contribution in [0, 0.1) is 0 Å². The van der Waals surface area contributed by atoms with E-state index in [1.807, 2.05) is 44.2 Å². The molecule has 1 aromatic rings. The molecule has 1 unspecified atom stereocenters. The summed E-state index contributed by atoms with van der Waals surface area (Å²) in [5.74, 6) is -0.0929. The van der Waals surface area contributed by atoms with Gasteiger partial charge in [-0.25, -0.2) is 4.39 Å². The summed E-state index contributed by atoms with van der Waals surface area (Å²) >= 11 is 0. The van der Waals surface area contributed by atoms with Crippen LogP contribution in [0.5, 0.6) is 0 Å². The molecule has 0 aromatic heterocycles. The van der Waals surface area contributed by atoms with Crippen molar-refractivity contribution in [2.24, 2.45) is 0 Å². The lowest BCUT2D eigenvalue weighted by atomic mass is 9.91. The zero-order valence-corrected chi connectivity index (χ0v) is 18.1. The highest BCUT2D eigenvalue weighted by Gasteiger charge is 2.27. The van der Waals surface area contributed by atoms with Gasteiger partial charge in [0, 0.05) is 37.0 Å². The van der Waals surface area contributed by atoms with Crippen molar-refractivity contribution in [1.29, 1.82) is 0 Å². The van der Waals surface area contributed by atoms with Crippen LogP contribution in [0.15, 0.2) is 72.0 Å². The van der Waals surface area contributed by atoms with E-state index in [1.54, 1.807) is 14.0 Å². The monoisotopic (exact) mass is 396 g/mol. The minimum absolute atomic E-state index is 0.0929. The summed E-state index contributed by atoms with van der Waals surface area (Å²) in [5.41, 5.74) is 4.67. The molecule has 0 radical (unpaired) electrons. The molecule has 1 aliphatic rings. The first-order chi connectivity index (χ1) is 13.7. The number of benzene rings is 1. The number of rotatable bonds is 9. The number of nitrogens with zero attached hydrogens (tertiary/aromatic N) is 1. The smallest absolute Gasteiger partial charge is 0.251 e. The van der Waals surface area contributed by atoms with Crippen molar-refractivity contribution in [3.63, 3.8) is 0 Å². The first-order valence-corrected chi connectivity index (χ1v) is 10.2. The molecule has 0 bridgehead atoms. The summed E-state index contributed by atoms with van der Waals surface area (Å²) in [6, 6.07) is 7.60. The van der Waals surface area contributed by atoms with Gasteiger partial charge in [-0.05, 0) is 62.0 Å². The van der Waals surface area contributed by atoms with Gasteiger partial charge in [0.2, 0.25) is 0 Å². The number of hydrogen-bond acceptors (Lipinski definition) is 2. The number of hydrogen-bond donors (Lipinski definition) is 1. The highest BCUT2D eigenvalue weighted by Crippen LogP contribution is 2.36. The average molecular weight is 397 g/mol. The van der Waals surface area contributed by atoms with Gasteiger partial charge in [0.05, 0.1) is 0 Å². The van der Waals surface area contributed by atoms with Crippen molar-refractivity contribution in [3.05, 3.63) is 83.1 Å². The van der Waals surface area contributed by atoms with Crippen LogP contribution in [-0.4, -0.2) is 30.1 Å².